The number of carbonyl (C=O) groups is 1. The summed E-state index contributed by atoms with van der Waals surface area (Å²) in [5.74, 6) is 5.51. The van der Waals surface area contributed by atoms with Crippen LogP contribution in [-0.2, 0) is 4.79 Å². The van der Waals surface area contributed by atoms with Crippen molar-refractivity contribution in [2.24, 2.45) is 10.8 Å². The number of amides is 1. The van der Waals surface area contributed by atoms with Crippen molar-refractivity contribution in [3.05, 3.63) is 28.7 Å². The molecule has 0 spiro atoms. The molecule has 1 saturated heterocycles. The molecule has 1 heterocycles. The van der Waals surface area contributed by atoms with E-state index in [0.29, 0.717) is 10.1 Å². The molecule has 0 bridgehead atoms. The molecule has 1 aliphatic rings. The number of benzene rings is 1. The molecule has 6 heteroatoms. The van der Waals surface area contributed by atoms with Crippen molar-refractivity contribution in [2.45, 2.75) is 5.32 Å². The quantitative estimate of drug-likeness (QED) is 0.478. The summed E-state index contributed by atoms with van der Waals surface area (Å²) in [4.78, 5) is 15.5. The molecule has 1 aromatic rings. The van der Waals surface area contributed by atoms with E-state index < -0.39 is 0 Å². The molecular weight excluding hydrogens is 325 g/mol. The van der Waals surface area contributed by atoms with Gasteiger partial charge in [-0.15, -0.1) is 0 Å². The van der Waals surface area contributed by atoms with Gasteiger partial charge in [-0.05, 0) is 0 Å². The summed E-state index contributed by atoms with van der Waals surface area (Å²) in [7, 11) is 0. The first-order chi connectivity index (χ1) is 7.16. The molecule has 78 valence electrons. The Bertz CT molecular complexity index is 418. The van der Waals surface area contributed by atoms with Gasteiger partial charge in [0.15, 0.2) is 0 Å². The van der Waals surface area contributed by atoms with Crippen molar-refractivity contribution in [3.63, 3.8) is 0 Å². The number of nitrogens with two attached hydrogens (primary N) is 1. The van der Waals surface area contributed by atoms with Crippen LogP contribution >= 0.6 is 15.9 Å². The van der Waals surface area contributed by atoms with Crippen LogP contribution in [0.4, 0.5) is 5.69 Å². The Labute approximate surface area is 102 Å². The molecule has 1 amide bonds. The van der Waals surface area contributed by atoms with Gasteiger partial charge in [0.25, 0.3) is 0 Å². The zero-order valence-electron chi connectivity index (χ0n) is 7.68. The van der Waals surface area contributed by atoms with Crippen LogP contribution in [0.3, 0.4) is 0 Å². The fourth-order valence-corrected chi connectivity index (χ4v) is 3.03. The normalized spacial score (nSPS) is 18.9. The van der Waals surface area contributed by atoms with Gasteiger partial charge in [0.05, 0.1) is 0 Å². The number of amidine groups is 1. The molecule has 0 unspecified atom stereocenters. The van der Waals surface area contributed by atoms with E-state index >= 15 is 0 Å². The van der Waals surface area contributed by atoms with Crippen LogP contribution in [0.2, 0.25) is 5.32 Å². The topological polar surface area (TPSA) is 58.7 Å². The first kappa shape index (κ1) is 10.8. The molecule has 1 fully saturated rings. The Morgan fingerprint density at radius 1 is 1.40 bits per heavy atom. The molecule has 0 radical (unpaired) electrons. The fourth-order valence-electron chi connectivity index (χ4n) is 1.08. The first-order valence-electron chi connectivity index (χ1n) is 4.21. The van der Waals surface area contributed by atoms with Gasteiger partial charge >= 0.3 is 102 Å². The number of aliphatic imine (C=N–C) groups is 1. The second-order valence-corrected chi connectivity index (χ2v) is 5.82. The summed E-state index contributed by atoms with van der Waals surface area (Å²) in [5, 5.41) is 1.67. The minimum atomic E-state index is -0.0501. The van der Waals surface area contributed by atoms with Crippen LogP contribution in [0.1, 0.15) is 0 Å². The molecule has 1 aliphatic heterocycles. The number of hydrogen-bond acceptors (Lipinski definition) is 3. The number of nitrogens with zero attached hydrogens (tertiary/aromatic N) is 2. The number of hydrazine groups is 1. The van der Waals surface area contributed by atoms with Gasteiger partial charge in [-0.1, -0.05) is 0 Å². The number of rotatable bonds is 1. The van der Waals surface area contributed by atoms with E-state index in [4.69, 9.17) is 5.84 Å². The van der Waals surface area contributed by atoms with E-state index in [1.807, 2.05) is 24.3 Å². The van der Waals surface area contributed by atoms with Gasteiger partial charge in [0.2, 0.25) is 0 Å². The Hall–Kier alpha value is -0.681. The van der Waals surface area contributed by atoms with E-state index in [-0.39, 0.29) is 20.9 Å². The van der Waals surface area contributed by atoms with Gasteiger partial charge in [-0.2, -0.15) is 0 Å². The maximum absolute atomic E-state index is 11.2. The predicted molar refractivity (Wildman–Crippen MR) is 62.8 cm³/mol. The van der Waals surface area contributed by atoms with Crippen LogP contribution in [0.15, 0.2) is 33.7 Å². The first-order valence-corrected chi connectivity index (χ1v) is 7.07. The maximum atomic E-state index is 11.2. The molecule has 4 nitrogen and oxygen atoms in total. The molecule has 1 aromatic carbocycles. The monoisotopic (exact) mass is 333 g/mol. The van der Waals surface area contributed by atoms with Gasteiger partial charge in [0.1, 0.15) is 0 Å². The van der Waals surface area contributed by atoms with E-state index in [9.17, 15) is 4.79 Å². The van der Waals surface area contributed by atoms with Gasteiger partial charge in [0, 0.05) is 0 Å². The van der Waals surface area contributed by atoms with E-state index in [1.54, 1.807) is 0 Å². The Balaban J connectivity index is 2.23. The van der Waals surface area contributed by atoms with Crippen LogP contribution in [0.25, 0.3) is 0 Å². The van der Waals surface area contributed by atoms with Crippen molar-refractivity contribution in [1.82, 2.24) is 5.01 Å². The number of hydrogen-bond donors (Lipinski definition) is 1. The number of carbonyl (C=O) groups excluding carboxylic acids is 1. The van der Waals surface area contributed by atoms with Crippen LogP contribution < -0.4 is 5.84 Å². The standard InChI is InChI=1S/C9H8BrN3OSe/c10-6-1-3-7(4-2-6)12-9-13(11)8(14)5-15-9/h1-4H,5,11H2. The summed E-state index contributed by atoms with van der Waals surface area (Å²) in [6.07, 6.45) is 0. The summed E-state index contributed by atoms with van der Waals surface area (Å²) >= 11 is 3.41. The SMILES string of the molecule is NN1C(=O)C[Se]C1=Nc1ccc(Br)cc1. The van der Waals surface area contributed by atoms with Crippen LogP contribution in [0.5, 0.6) is 0 Å². The summed E-state index contributed by atoms with van der Waals surface area (Å²) in [6.45, 7) is 0. The van der Waals surface area contributed by atoms with Crippen LogP contribution in [0, 0.1) is 0 Å². The van der Waals surface area contributed by atoms with Gasteiger partial charge < -0.3 is 0 Å². The summed E-state index contributed by atoms with van der Waals surface area (Å²) in [6, 6.07) is 7.57. The molecule has 0 aliphatic carbocycles. The van der Waals surface area contributed by atoms with Crippen molar-refractivity contribution >= 4 is 47.2 Å². The molecule has 0 aromatic heterocycles. The molecule has 0 atom stereocenters. The molecule has 15 heavy (non-hydrogen) atoms. The Kier molecular flexibility index (Phi) is 3.21. The third-order valence-electron chi connectivity index (χ3n) is 1.85. The molecular formula is C9H8BrN3OSe. The predicted octanol–water partition coefficient (Wildman–Crippen LogP) is 1.28. The molecule has 2 rings (SSSR count). The van der Waals surface area contributed by atoms with Crippen LogP contribution in [-0.4, -0.2) is 30.6 Å². The van der Waals surface area contributed by atoms with Crippen molar-refractivity contribution in [3.8, 4) is 0 Å². The Morgan fingerprint density at radius 3 is 2.60 bits per heavy atom. The fraction of sp³-hybridized carbons (Fsp3) is 0.111. The zero-order chi connectivity index (χ0) is 10.8. The minimum absolute atomic E-state index is 0.0501. The number of halogens is 1. The van der Waals surface area contributed by atoms with Crippen molar-refractivity contribution in [1.29, 1.82) is 0 Å². The third kappa shape index (κ3) is 2.46. The average molecular weight is 333 g/mol. The average Bonchev–Trinajstić information content (AvgIpc) is 2.53. The molecule has 2 N–H and O–H groups in total. The third-order valence-corrected chi connectivity index (χ3v) is 4.35. The van der Waals surface area contributed by atoms with E-state index in [2.05, 4.69) is 20.9 Å². The second kappa shape index (κ2) is 4.45. The Morgan fingerprint density at radius 2 is 2.07 bits per heavy atom. The van der Waals surface area contributed by atoms with Gasteiger partial charge in [-0.3, -0.25) is 0 Å². The summed E-state index contributed by atoms with van der Waals surface area (Å²) in [5.41, 5.74) is 0.820. The summed E-state index contributed by atoms with van der Waals surface area (Å²) < 4.78 is 1.69. The van der Waals surface area contributed by atoms with Gasteiger partial charge in [-0.25, -0.2) is 0 Å². The van der Waals surface area contributed by atoms with Crippen molar-refractivity contribution in [2.75, 3.05) is 0 Å². The zero-order valence-corrected chi connectivity index (χ0v) is 11.0. The molecule has 0 saturated carbocycles. The van der Waals surface area contributed by atoms with E-state index in [1.165, 1.54) is 0 Å². The van der Waals surface area contributed by atoms with E-state index in [0.717, 1.165) is 15.2 Å². The second-order valence-electron chi connectivity index (χ2n) is 2.92. The van der Waals surface area contributed by atoms with Crippen molar-refractivity contribution < 1.29 is 4.79 Å².